The smallest absolute Gasteiger partial charge is 0.237 e. The number of rotatable bonds is 6. The van der Waals surface area contributed by atoms with Crippen molar-refractivity contribution in [1.82, 2.24) is 10.2 Å². The summed E-state index contributed by atoms with van der Waals surface area (Å²) < 4.78 is 10.4. The fraction of sp³-hybridized carbons (Fsp3) is 0.562. The summed E-state index contributed by atoms with van der Waals surface area (Å²) in [5.74, 6) is 0.939. The molecule has 0 saturated carbocycles. The highest BCUT2D eigenvalue weighted by molar-refractivity contribution is 5.81. The number of hydrogen-bond donors (Lipinski definition) is 1. The SMILES string of the molecule is COc1ccc(CCNC(=O)[C@@H](C)N2CCOCC2)cc1. The molecule has 0 aromatic heterocycles. The summed E-state index contributed by atoms with van der Waals surface area (Å²) in [5.41, 5.74) is 1.19. The van der Waals surface area contributed by atoms with Crippen molar-refractivity contribution in [3.8, 4) is 5.75 Å². The van der Waals surface area contributed by atoms with E-state index in [1.165, 1.54) is 5.56 Å². The van der Waals surface area contributed by atoms with Crippen molar-refractivity contribution < 1.29 is 14.3 Å². The molecule has 1 heterocycles. The van der Waals surface area contributed by atoms with Gasteiger partial charge in [-0.3, -0.25) is 9.69 Å². The number of nitrogens with zero attached hydrogens (tertiary/aromatic N) is 1. The monoisotopic (exact) mass is 292 g/mol. The maximum atomic E-state index is 12.1. The van der Waals surface area contributed by atoms with Crippen LogP contribution >= 0.6 is 0 Å². The van der Waals surface area contributed by atoms with Crippen molar-refractivity contribution in [1.29, 1.82) is 0 Å². The van der Waals surface area contributed by atoms with Gasteiger partial charge in [0.1, 0.15) is 5.75 Å². The number of hydrogen-bond acceptors (Lipinski definition) is 4. The van der Waals surface area contributed by atoms with Crippen LogP contribution in [0.1, 0.15) is 12.5 Å². The first kappa shape index (κ1) is 15.8. The van der Waals surface area contributed by atoms with E-state index < -0.39 is 0 Å². The first-order valence-electron chi connectivity index (χ1n) is 7.43. The van der Waals surface area contributed by atoms with Gasteiger partial charge < -0.3 is 14.8 Å². The van der Waals surface area contributed by atoms with Gasteiger partial charge in [0, 0.05) is 19.6 Å². The number of ether oxygens (including phenoxy) is 2. The van der Waals surface area contributed by atoms with Gasteiger partial charge in [-0.15, -0.1) is 0 Å². The lowest BCUT2D eigenvalue weighted by Gasteiger charge is -2.31. The van der Waals surface area contributed by atoms with Gasteiger partial charge in [-0.1, -0.05) is 12.1 Å². The average Bonchev–Trinajstić information content (AvgIpc) is 2.55. The fourth-order valence-corrected chi connectivity index (χ4v) is 2.40. The molecule has 1 amide bonds. The summed E-state index contributed by atoms with van der Waals surface area (Å²) in [6, 6.07) is 7.83. The first-order valence-corrected chi connectivity index (χ1v) is 7.43. The Morgan fingerprint density at radius 2 is 2.00 bits per heavy atom. The lowest BCUT2D eigenvalue weighted by Crippen LogP contribution is -2.49. The van der Waals surface area contributed by atoms with Crippen LogP contribution < -0.4 is 10.1 Å². The molecular formula is C16H24N2O3. The second-order valence-corrected chi connectivity index (χ2v) is 5.21. The molecule has 21 heavy (non-hydrogen) atoms. The molecule has 0 radical (unpaired) electrons. The van der Waals surface area contributed by atoms with E-state index in [0.29, 0.717) is 19.8 Å². The predicted octanol–water partition coefficient (Wildman–Crippen LogP) is 1.07. The lowest BCUT2D eigenvalue weighted by molar-refractivity contribution is -0.127. The highest BCUT2D eigenvalue weighted by Crippen LogP contribution is 2.11. The summed E-state index contributed by atoms with van der Waals surface area (Å²) >= 11 is 0. The summed E-state index contributed by atoms with van der Waals surface area (Å²) in [7, 11) is 1.66. The van der Waals surface area contributed by atoms with E-state index in [0.717, 1.165) is 25.3 Å². The summed E-state index contributed by atoms with van der Waals surface area (Å²) in [4.78, 5) is 14.3. The van der Waals surface area contributed by atoms with Gasteiger partial charge in [-0.05, 0) is 31.0 Å². The maximum Gasteiger partial charge on any atom is 0.237 e. The standard InChI is InChI=1S/C16H24N2O3/c1-13(18-9-11-21-12-10-18)16(19)17-8-7-14-3-5-15(20-2)6-4-14/h3-6,13H,7-12H2,1-2H3,(H,17,19)/t13-/m1/s1. The largest absolute Gasteiger partial charge is 0.497 e. The summed E-state index contributed by atoms with van der Waals surface area (Å²) in [5, 5.41) is 3.00. The highest BCUT2D eigenvalue weighted by atomic mass is 16.5. The molecule has 1 aromatic carbocycles. The van der Waals surface area contributed by atoms with Crippen LogP contribution in [0.5, 0.6) is 5.75 Å². The quantitative estimate of drug-likeness (QED) is 0.852. The molecule has 0 bridgehead atoms. The Hall–Kier alpha value is -1.59. The van der Waals surface area contributed by atoms with E-state index in [1.54, 1.807) is 7.11 Å². The molecule has 1 aliphatic heterocycles. The Kier molecular flexibility index (Phi) is 6.02. The van der Waals surface area contributed by atoms with Gasteiger partial charge in [0.05, 0.1) is 26.4 Å². The van der Waals surface area contributed by atoms with Crippen LogP contribution in [-0.2, 0) is 16.0 Å². The molecule has 1 saturated heterocycles. The molecule has 5 nitrogen and oxygen atoms in total. The van der Waals surface area contributed by atoms with Gasteiger partial charge in [0.25, 0.3) is 0 Å². The molecular weight excluding hydrogens is 268 g/mol. The number of nitrogens with one attached hydrogen (secondary N) is 1. The molecule has 0 unspecified atom stereocenters. The van der Waals surface area contributed by atoms with Crippen LogP contribution in [0.4, 0.5) is 0 Å². The van der Waals surface area contributed by atoms with Gasteiger partial charge >= 0.3 is 0 Å². The Morgan fingerprint density at radius 3 is 2.62 bits per heavy atom. The molecule has 1 N–H and O–H groups in total. The van der Waals surface area contributed by atoms with Crippen LogP contribution in [0.15, 0.2) is 24.3 Å². The van der Waals surface area contributed by atoms with Crippen molar-refractivity contribution >= 4 is 5.91 Å². The van der Waals surface area contributed by atoms with Gasteiger partial charge in [0.15, 0.2) is 0 Å². The third-order valence-electron chi connectivity index (χ3n) is 3.84. The van der Waals surface area contributed by atoms with Gasteiger partial charge in [-0.2, -0.15) is 0 Å². The number of morpholine rings is 1. The number of benzene rings is 1. The average molecular weight is 292 g/mol. The van der Waals surface area contributed by atoms with E-state index >= 15 is 0 Å². The van der Waals surface area contributed by atoms with Crippen molar-refractivity contribution in [3.05, 3.63) is 29.8 Å². The molecule has 5 heteroatoms. The van der Waals surface area contributed by atoms with Gasteiger partial charge in [-0.25, -0.2) is 0 Å². The van der Waals surface area contributed by atoms with Gasteiger partial charge in [0.2, 0.25) is 5.91 Å². The van der Waals surface area contributed by atoms with E-state index in [-0.39, 0.29) is 11.9 Å². The minimum Gasteiger partial charge on any atom is -0.497 e. The molecule has 1 aromatic rings. The minimum absolute atomic E-state index is 0.0883. The van der Waals surface area contributed by atoms with Crippen molar-refractivity contribution in [2.75, 3.05) is 40.0 Å². The topological polar surface area (TPSA) is 50.8 Å². The Bertz CT molecular complexity index is 441. The summed E-state index contributed by atoms with van der Waals surface area (Å²) in [6.45, 7) is 5.68. The highest BCUT2D eigenvalue weighted by Gasteiger charge is 2.22. The Morgan fingerprint density at radius 1 is 1.33 bits per heavy atom. The zero-order valence-electron chi connectivity index (χ0n) is 12.8. The maximum absolute atomic E-state index is 12.1. The van der Waals surface area contributed by atoms with E-state index in [9.17, 15) is 4.79 Å². The van der Waals surface area contributed by atoms with Crippen molar-refractivity contribution in [2.24, 2.45) is 0 Å². The van der Waals surface area contributed by atoms with E-state index in [1.807, 2.05) is 31.2 Å². The van der Waals surface area contributed by atoms with Crippen LogP contribution in [-0.4, -0.2) is 56.8 Å². The Balaban J connectivity index is 1.72. The second-order valence-electron chi connectivity index (χ2n) is 5.21. The lowest BCUT2D eigenvalue weighted by atomic mass is 10.1. The zero-order chi connectivity index (χ0) is 15.1. The summed E-state index contributed by atoms with van der Waals surface area (Å²) in [6.07, 6.45) is 0.825. The molecule has 0 spiro atoms. The molecule has 1 atom stereocenters. The van der Waals surface area contributed by atoms with E-state index in [4.69, 9.17) is 9.47 Å². The minimum atomic E-state index is -0.0928. The molecule has 1 aliphatic rings. The first-order chi connectivity index (χ1) is 10.2. The third kappa shape index (κ3) is 4.72. The predicted molar refractivity (Wildman–Crippen MR) is 81.6 cm³/mol. The number of carbonyl (C=O) groups excluding carboxylic acids is 1. The third-order valence-corrected chi connectivity index (χ3v) is 3.84. The second kappa shape index (κ2) is 8.00. The Labute approximate surface area is 126 Å². The fourth-order valence-electron chi connectivity index (χ4n) is 2.40. The van der Waals surface area contributed by atoms with Crippen molar-refractivity contribution in [2.45, 2.75) is 19.4 Å². The van der Waals surface area contributed by atoms with Crippen LogP contribution in [0.3, 0.4) is 0 Å². The number of methoxy groups -OCH3 is 1. The molecule has 2 rings (SSSR count). The van der Waals surface area contributed by atoms with Crippen LogP contribution in [0, 0.1) is 0 Å². The zero-order valence-corrected chi connectivity index (χ0v) is 12.8. The molecule has 0 aliphatic carbocycles. The van der Waals surface area contributed by atoms with Crippen LogP contribution in [0.25, 0.3) is 0 Å². The number of carbonyl (C=O) groups is 1. The molecule has 116 valence electrons. The van der Waals surface area contributed by atoms with E-state index in [2.05, 4.69) is 10.2 Å². The number of amides is 1. The normalized spacial score (nSPS) is 17.2. The van der Waals surface area contributed by atoms with Crippen LogP contribution in [0.2, 0.25) is 0 Å². The van der Waals surface area contributed by atoms with Crippen molar-refractivity contribution in [3.63, 3.8) is 0 Å². The molecule has 1 fully saturated rings.